The summed E-state index contributed by atoms with van der Waals surface area (Å²) in [6, 6.07) is 13.2. The van der Waals surface area contributed by atoms with Gasteiger partial charge in [0.25, 0.3) is 0 Å². The van der Waals surface area contributed by atoms with Crippen LogP contribution in [0.3, 0.4) is 0 Å². The molecule has 2 aromatic carbocycles. The minimum absolute atomic E-state index is 0.170. The van der Waals surface area contributed by atoms with Crippen LogP contribution in [-0.4, -0.2) is 20.9 Å². The van der Waals surface area contributed by atoms with Crippen LogP contribution in [0.4, 0.5) is 13.2 Å². The van der Waals surface area contributed by atoms with Crippen molar-refractivity contribution >= 4 is 17.4 Å². The van der Waals surface area contributed by atoms with Crippen LogP contribution in [0.25, 0.3) is 22.8 Å². The summed E-state index contributed by atoms with van der Waals surface area (Å²) in [5, 5.41) is 3.98. The molecule has 0 radical (unpaired) electrons. The van der Waals surface area contributed by atoms with Crippen molar-refractivity contribution in [1.29, 1.82) is 0 Å². The van der Waals surface area contributed by atoms with E-state index in [4.69, 9.17) is 16.0 Å². The smallest absolute Gasteiger partial charge is 0.444 e. The standard InChI is InChI=1S/C24H19ClF3N3O3/c1-23(2,19-13-33-21(29-19)14-6-8-17(25)9-7-14)11-10-18(32)15-4-3-5-16(12-15)20-30-22(34-31-20)24(26,27)28/h3-9,12-13H,10-11H2,1-2H3. The fraction of sp³-hybridized carbons (Fsp3) is 0.250. The first-order valence-electron chi connectivity index (χ1n) is 10.3. The normalized spacial score (nSPS) is 12.2. The van der Waals surface area contributed by atoms with E-state index in [1.54, 1.807) is 30.5 Å². The van der Waals surface area contributed by atoms with Crippen molar-refractivity contribution in [1.82, 2.24) is 15.1 Å². The molecule has 0 unspecified atom stereocenters. The van der Waals surface area contributed by atoms with Crippen LogP contribution < -0.4 is 0 Å². The highest BCUT2D eigenvalue weighted by Gasteiger charge is 2.38. The molecule has 0 bridgehead atoms. The van der Waals surface area contributed by atoms with Gasteiger partial charge in [0.2, 0.25) is 11.7 Å². The summed E-state index contributed by atoms with van der Waals surface area (Å²) in [5.74, 6) is -1.39. The molecule has 4 aromatic rings. The third-order valence-electron chi connectivity index (χ3n) is 5.38. The number of aromatic nitrogens is 3. The van der Waals surface area contributed by atoms with Crippen molar-refractivity contribution in [2.75, 3.05) is 0 Å². The first kappa shape index (κ1) is 23.7. The molecule has 10 heteroatoms. The number of benzene rings is 2. The molecule has 2 aromatic heterocycles. The number of hydrogen-bond donors (Lipinski definition) is 0. The lowest BCUT2D eigenvalue weighted by atomic mass is 9.83. The molecule has 0 atom stereocenters. The molecule has 0 saturated carbocycles. The van der Waals surface area contributed by atoms with E-state index < -0.39 is 17.5 Å². The van der Waals surface area contributed by atoms with Gasteiger partial charge in [-0.05, 0) is 36.8 Å². The van der Waals surface area contributed by atoms with Gasteiger partial charge in [-0.15, -0.1) is 0 Å². The summed E-state index contributed by atoms with van der Waals surface area (Å²) in [7, 11) is 0. The predicted molar refractivity (Wildman–Crippen MR) is 118 cm³/mol. The lowest BCUT2D eigenvalue weighted by Gasteiger charge is -2.21. The van der Waals surface area contributed by atoms with E-state index in [-0.39, 0.29) is 23.6 Å². The van der Waals surface area contributed by atoms with Gasteiger partial charge in [0.05, 0.1) is 5.69 Å². The summed E-state index contributed by atoms with van der Waals surface area (Å²) in [5.41, 5.74) is 1.62. The maximum Gasteiger partial charge on any atom is 0.471 e. The van der Waals surface area contributed by atoms with Crippen LogP contribution in [0, 0.1) is 0 Å². The molecular weight excluding hydrogens is 471 g/mol. The van der Waals surface area contributed by atoms with Gasteiger partial charge < -0.3 is 8.94 Å². The number of carbonyl (C=O) groups is 1. The topological polar surface area (TPSA) is 82.0 Å². The van der Waals surface area contributed by atoms with Crippen LogP contribution in [0.15, 0.2) is 63.7 Å². The number of alkyl halides is 3. The second-order valence-corrected chi connectivity index (χ2v) is 8.79. The third-order valence-corrected chi connectivity index (χ3v) is 5.63. The van der Waals surface area contributed by atoms with E-state index >= 15 is 0 Å². The molecule has 0 saturated heterocycles. The zero-order valence-electron chi connectivity index (χ0n) is 18.2. The molecule has 6 nitrogen and oxygen atoms in total. The van der Waals surface area contributed by atoms with Gasteiger partial charge >= 0.3 is 12.1 Å². The molecule has 176 valence electrons. The van der Waals surface area contributed by atoms with Crippen molar-refractivity contribution in [2.24, 2.45) is 0 Å². The average molecular weight is 490 g/mol. The number of carbonyl (C=O) groups excluding carboxylic acids is 1. The Bertz CT molecular complexity index is 1310. The zero-order chi connectivity index (χ0) is 24.5. The van der Waals surface area contributed by atoms with E-state index in [9.17, 15) is 18.0 Å². The second kappa shape index (κ2) is 9.06. The van der Waals surface area contributed by atoms with Crippen LogP contribution in [0.2, 0.25) is 5.02 Å². The van der Waals surface area contributed by atoms with E-state index in [1.165, 1.54) is 12.1 Å². The maximum absolute atomic E-state index is 12.8. The summed E-state index contributed by atoms with van der Waals surface area (Å²) in [4.78, 5) is 20.8. The van der Waals surface area contributed by atoms with Gasteiger partial charge in [-0.1, -0.05) is 48.8 Å². The van der Waals surface area contributed by atoms with Crippen LogP contribution in [0.1, 0.15) is 48.6 Å². The van der Waals surface area contributed by atoms with Gasteiger partial charge in [-0.25, -0.2) is 4.98 Å². The highest BCUT2D eigenvalue weighted by molar-refractivity contribution is 6.30. The zero-order valence-corrected chi connectivity index (χ0v) is 18.9. The quantitative estimate of drug-likeness (QED) is 0.260. The van der Waals surface area contributed by atoms with Crippen LogP contribution >= 0.6 is 11.6 Å². The summed E-state index contributed by atoms with van der Waals surface area (Å²) >= 11 is 5.92. The fourth-order valence-electron chi connectivity index (χ4n) is 3.30. The van der Waals surface area contributed by atoms with Crippen LogP contribution in [-0.2, 0) is 11.6 Å². The maximum atomic E-state index is 12.8. The number of ketones is 1. The summed E-state index contributed by atoms with van der Waals surface area (Å²) < 4.78 is 48.1. The Hall–Kier alpha value is -3.46. The predicted octanol–water partition coefficient (Wildman–Crippen LogP) is 7.00. The lowest BCUT2D eigenvalue weighted by molar-refractivity contribution is -0.159. The van der Waals surface area contributed by atoms with Crippen molar-refractivity contribution in [2.45, 2.75) is 38.3 Å². The molecule has 4 rings (SSSR count). The number of oxazole rings is 1. The van der Waals surface area contributed by atoms with Gasteiger partial charge in [-0.3, -0.25) is 4.79 Å². The molecule has 34 heavy (non-hydrogen) atoms. The highest BCUT2D eigenvalue weighted by atomic mass is 35.5. The van der Waals surface area contributed by atoms with E-state index in [1.807, 2.05) is 26.0 Å². The SMILES string of the molecule is CC(C)(CCC(=O)c1cccc(-c2noc(C(F)(F)F)n2)c1)c1coc(-c2ccc(Cl)cc2)n1. The summed E-state index contributed by atoms with van der Waals surface area (Å²) in [6.45, 7) is 3.91. The Balaban J connectivity index is 1.45. The molecule has 0 spiro atoms. The molecule has 0 aliphatic carbocycles. The van der Waals surface area contributed by atoms with Crippen molar-refractivity contribution in [3.63, 3.8) is 0 Å². The van der Waals surface area contributed by atoms with E-state index in [0.29, 0.717) is 28.6 Å². The number of nitrogens with zero attached hydrogens (tertiary/aromatic N) is 3. The molecule has 0 aliphatic heterocycles. The molecular formula is C24H19ClF3N3O3. The van der Waals surface area contributed by atoms with E-state index in [2.05, 4.69) is 19.6 Å². The van der Waals surface area contributed by atoms with E-state index in [0.717, 1.165) is 5.56 Å². The lowest BCUT2D eigenvalue weighted by Crippen LogP contribution is -2.19. The number of halogens is 4. The third kappa shape index (κ3) is 5.20. The minimum atomic E-state index is -4.74. The number of Topliss-reactive ketones (excluding diaryl/α,β-unsaturated/α-hetero) is 1. The second-order valence-electron chi connectivity index (χ2n) is 8.35. The minimum Gasteiger partial charge on any atom is -0.444 e. The first-order valence-corrected chi connectivity index (χ1v) is 10.7. The van der Waals surface area contributed by atoms with Gasteiger partial charge in [-0.2, -0.15) is 18.2 Å². The fourth-order valence-corrected chi connectivity index (χ4v) is 3.42. The highest BCUT2D eigenvalue weighted by Crippen LogP contribution is 2.32. The van der Waals surface area contributed by atoms with Crippen molar-refractivity contribution in [3.05, 3.63) is 77.0 Å². The molecule has 0 N–H and O–H groups in total. The first-order chi connectivity index (χ1) is 16.0. The Labute approximate surface area is 197 Å². The Kier molecular flexibility index (Phi) is 6.31. The van der Waals surface area contributed by atoms with Gasteiger partial charge in [0, 0.05) is 33.5 Å². The molecule has 2 heterocycles. The summed E-state index contributed by atoms with van der Waals surface area (Å²) in [6.07, 6.45) is -2.49. The molecule has 0 aliphatic rings. The number of rotatable bonds is 7. The Morgan fingerprint density at radius 1 is 1.03 bits per heavy atom. The van der Waals surface area contributed by atoms with Crippen LogP contribution in [0.5, 0.6) is 0 Å². The Morgan fingerprint density at radius 3 is 2.44 bits per heavy atom. The largest absolute Gasteiger partial charge is 0.471 e. The van der Waals surface area contributed by atoms with Gasteiger partial charge in [0.1, 0.15) is 6.26 Å². The molecule has 0 amide bonds. The molecule has 0 fully saturated rings. The number of hydrogen-bond acceptors (Lipinski definition) is 6. The van der Waals surface area contributed by atoms with Crippen molar-refractivity contribution < 1.29 is 26.9 Å². The van der Waals surface area contributed by atoms with Crippen molar-refractivity contribution in [3.8, 4) is 22.8 Å². The monoisotopic (exact) mass is 489 g/mol. The Morgan fingerprint density at radius 2 is 1.76 bits per heavy atom. The van der Waals surface area contributed by atoms with Gasteiger partial charge in [0.15, 0.2) is 5.78 Å². The average Bonchev–Trinajstić information content (AvgIpc) is 3.49.